The van der Waals surface area contributed by atoms with Crippen LogP contribution in [0.4, 0.5) is 17.6 Å². The summed E-state index contributed by atoms with van der Waals surface area (Å²) >= 11 is 0. The molecule has 1 amide bonds. The number of hydrogen-bond acceptors (Lipinski definition) is 3. The summed E-state index contributed by atoms with van der Waals surface area (Å²) in [6.45, 7) is 1.84. The Bertz CT molecular complexity index is 606. The van der Waals surface area contributed by atoms with Gasteiger partial charge in [0.1, 0.15) is 5.82 Å². The van der Waals surface area contributed by atoms with E-state index in [0.29, 0.717) is 18.5 Å². The first-order valence-corrected chi connectivity index (χ1v) is 6.95. The Labute approximate surface area is 124 Å². The summed E-state index contributed by atoms with van der Waals surface area (Å²) in [4.78, 5) is 16.3. The zero-order valence-corrected chi connectivity index (χ0v) is 11.9. The number of rotatable bonds is 2. The van der Waals surface area contributed by atoms with Crippen molar-refractivity contribution in [2.75, 3.05) is 13.1 Å². The molecule has 1 aromatic heterocycles. The number of halogens is 4. The highest BCUT2D eigenvalue weighted by atomic mass is 19.4. The molecule has 0 aliphatic carbocycles. The largest absolute Gasteiger partial charge is 0.390 e. The van der Waals surface area contributed by atoms with Gasteiger partial charge in [-0.3, -0.25) is 14.8 Å². The minimum Gasteiger partial charge on any atom is -0.273 e. The van der Waals surface area contributed by atoms with Crippen molar-refractivity contribution in [1.82, 2.24) is 15.0 Å². The number of amides is 1. The Balaban J connectivity index is 1.87. The number of carbonyl (C=O) groups is 1. The van der Waals surface area contributed by atoms with Crippen LogP contribution >= 0.6 is 0 Å². The number of aromatic nitrogens is 1. The smallest absolute Gasteiger partial charge is 0.273 e. The normalized spacial score (nSPS) is 29.2. The zero-order chi connectivity index (χ0) is 16.1. The van der Waals surface area contributed by atoms with Crippen molar-refractivity contribution in [3.8, 4) is 0 Å². The average Bonchev–Trinajstić information content (AvgIpc) is 2.87. The number of pyridine rings is 1. The summed E-state index contributed by atoms with van der Waals surface area (Å²) in [7, 11) is 0. The maximum Gasteiger partial charge on any atom is 0.390 e. The van der Waals surface area contributed by atoms with E-state index in [1.807, 2.05) is 0 Å². The van der Waals surface area contributed by atoms with Crippen molar-refractivity contribution < 1.29 is 22.4 Å². The van der Waals surface area contributed by atoms with Gasteiger partial charge in [-0.15, -0.1) is 0 Å². The van der Waals surface area contributed by atoms with E-state index in [2.05, 4.69) is 4.98 Å². The van der Waals surface area contributed by atoms with Gasteiger partial charge in [-0.1, -0.05) is 0 Å². The van der Waals surface area contributed by atoms with Crippen LogP contribution < -0.4 is 0 Å². The molecule has 2 fully saturated rings. The molecule has 2 aliphatic rings. The van der Waals surface area contributed by atoms with Crippen LogP contribution in [0.15, 0.2) is 18.5 Å². The third-order valence-corrected chi connectivity index (χ3v) is 4.22. The first-order chi connectivity index (χ1) is 10.2. The lowest BCUT2D eigenvalue weighted by Crippen LogP contribution is -2.38. The Hall–Kier alpha value is -1.70. The van der Waals surface area contributed by atoms with Crippen LogP contribution in [0, 0.1) is 11.2 Å². The molecule has 4 nitrogen and oxygen atoms in total. The maximum absolute atomic E-state index is 13.3. The van der Waals surface area contributed by atoms with E-state index in [1.54, 1.807) is 5.01 Å². The van der Waals surface area contributed by atoms with E-state index in [1.165, 1.54) is 24.2 Å². The second kappa shape index (κ2) is 4.91. The van der Waals surface area contributed by atoms with Gasteiger partial charge in [0.15, 0.2) is 0 Å². The lowest BCUT2D eigenvalue weighted by atomic mass is 9.85. The molecule has 8 heteroatoms. The molecule has 3 heterocycles. The minimum atomic E-state index is -4.40. The molecule has 0 radical (unpaired) electrons. The summed E-state index contributed by atoms with van der Waals surface area (Å²) < 4.78 is 51.5. The second-order valence-corrected chi connectivity index (χ2v) is 6.13. The van der Waals surface area contributed by atoms with Crippen molar-refractivity contribution in [3.63, 3.8) is 0 Å². The quantitative estimate of drug-likeness (QED) is 0.787. The summed E-state index contributed by atoms with van der Waals surface area (Å²) in [5.74, 6) is -1.09. The Morgan fingerprint density at radius 1 is 1.41 bits per heavy atom. The fourth-order valence-corrected chi connectivity index (χ4v) is 3.36. The average molecular weight is 317 g/mol. The lowest BCUT2D eigenvalue weighted by molar-refractivity contribution is -0.166. The number of hydrazine groups is 1. The number of nitrogens with zero attached hydrogens (tertiary/aromatic N) is 3. The first-order valence-electron chi connectivity index (χ1n) is 6.95. The van der Waals surface area contributed by atoms with Crippen molar-refractivity contribution in [2.24, 2.45) is 5.41 Å². The van der Waals surface area contributed by atoms with Gasteiger partial charge in [-0.05, 0) is 25.0 Å². The lowest BCUT2D eigenvalue weighted by Gasteiger charge is -2.27. The van der Waals surface area contributed by atoms with Gasteiger partial charge in [0.2, 0.25) is 5.91 Å². The van der Waals surface area contributed by atoms with Crippen molar-refractivity contribution in [3.05, 3.63) is 29.8 Å². The number of hydrogen-bond donors (Lipinski definition) is 0. The Morgan fingerprint density at radius 2 is 2.14 bits per heavy atom. The summed E-state index contributed by atoms with van der Waals surface area (Å²) in [5.41, 5.74) is -0.982. The second-order valence-electron chi connectivity index (χ2n) is 6.13. The monoisotopic (exact) mass is 317 g/mol. The molecule has 1 aromatic rings. The fourth-order valence-electron chi connectivity index (χ4n) is 3.36. The Kier molecular flexibility index (Phi) is 3.39. The highest BCUT2D eigenvalue weighted by Crippen LogP contribution is 2.46. The highest BCUT2D eigenvalue weighted by molar-refractivity contribution is 5.85. The molecule has 3 rings (SSSR count). The third kappa shape index (κ3) is 2.55. The molecule has 1 unspecified atom stereocenters. The van der Waals surface area contributed by atoms with Crippen molar-refractivity contribution in [2.45, 2.75) is 32.0 Å². The molecule has 2 aliphatic heterocycles. The van der Waals surface area contributed by atoms with Gasteiger partial charge in [0.25, 0.3) is 0 Å². The number of carbonyl (C=O) groups excluding carboxylic acids is 1. The number of fused-ring (bicyclic) bond motifs is 1. The van der Waals surface area contributed by atoms with E-state index >= 15 is 0 Å². The van der Waals surface area contributed by atoms with Gasteiger partial charge in [0.05, 0.1) is 24.1 Å². The van der Waals surface area contributed by atoms with Crippen LogP contribution in [0.2, 0.25) is 0 Å². The molecule has 22 heavy (non-hydrogen) atoms. The number of alkyl halides is 3. The van der Waals surface area contributed by atoms with Crippen LogP contribution in [0.25, 0.3) is 0 Å². The molecule has 0 spiro atoms. The molecule has 120 valence electrons. The van der Waals surface area contributed by atoms with Gasteiger partial charge in [-0.25, -0.2) is 9.40 Å². The van der Waals surface area contributed by atoms with Crippen molar-refractivity contribution in [1.29, 1.82) is 0 Å². The summed E-state index contributed by atoms with van der Waals surface area (Å²) in [5, 5.41) is 2.98. The van der Waals surface area contributed by atoms with Crippen LogP contribution in [-0.2, 0) is 4.79 Å². The van der Waals surface area contributed by atoms with E-state index in [4.69, 9.17) is 0 Å². The molecule has 2 atom stereocenters. The molecule has 0 N–H and O–H groups in total. The highest BCUT2D eigenvalue weighted by Gasteiger charge is 2.56. The minimum absolute atomic E-state index is 0.0323. The predicted octanol–water partition coefficient (Wildman–Crippen LogP) is 2.68. The van der Waals surface area contributed by atoms with Crippen LogP contribution in [-0.4, -0.2) is 40.2 Å². The van der Waals surface area contributed by atoms with Crippen LogP contribution in [0.3, 0.4) is 0 Å². The maximum atomic E-state index is 13.3. The topological polar surface area (TPSA) is 36.4 Å². The SMILES string of the molecule is CC1(CC(F)(F)F)CN2CC[C@H](c3cncc(F)c3)N2C1=O. The molecule has 0 saturated carbocycles. The van der Waals surface area contributed by atoms with E-state index < -0.39 is 35.8 Å². The molecule has 0 aromatic carbocycles. The van der Waals surface area contributed by atoms with E-state index in [-0.39, 0.29) is 6.54 Å². The van der Waals surface area contributed by atoms with Crippen molar-refractivity contribution >= 4 is 5.91 Å². The fraction of sp³-hybridized carbons (Fsp3) is 0.571. The van der Waals surface area contributed by atoms with E-state index in [0.717, 1.165) is 6.20 Å². The first kappa shape index (κ1) is 15.2. The van der Waals surface area contributed by atoms with Gasteiger partial charge in [0, 0.05) is 19.3 Å². The third-order valence-electron chi connectivity index (χ3n) is 4.22. The van der Waals surface area contributed by atoms with Crippen LogP contribution in [0.5, 0.6) is 0 Å². The Morgan fingerprint density at radius 3 is 2.77 bits per heavy atom. The van der Waals surface area contributed by atoms with E-state index in [9.17, 15) is 22.4 Å². The van der Waals surface area contributed by atoms with Gasteiger partial charge < -0.3 is 0 Å². The molecule has 2 saturated heterocycles. The molecular weight excluding hydrogens is 302 g/mol. The molecular formula is C14H15F4N3O. The summed E-state index contributed by atoms with van der Waals surface area (Å²) in [6.07, 6.45) is -2.50. The molecule has 0 bridgehead atoms. The zero-order valence-electron chi connectivity index (χ0n) is 11.9. The van der Waals surface area contributed by atoms with Gasteiger partial charge >= 0.3 is 6.18 Å². The standard InChI is InChI=1S/C14H15F4N3O/c1-13(7-14(16,17)18)8-20-3-2-11(21(20)12(13)22)9-4-10(15)6-19-5-9/h4-6,11H,2-3,7-8H2,1H3/t11-,13?/m1/s1. The summed E-state index contributed by atoms with van der Waals surface area (Å²) in [6, 6.07) is 0.819. The predicted molar refractivity (Wildman–Crippen MR) is 68.8 cm³/mol. The van der Waals surface area contributed by atoms with Gasteiger partial charge in [-0.2, -0.15) is 13.2 Å². The van der Waals surface area contributed by atoms with Crippen LogP contribution in [0.1, 0.15) is 31.4 Å².